The van der Waals surface area contributed by atoms with E-state index < -0.39 is 36.0 Å². The standard InChI is InChI=1S/C21H24BF3N2O3/c1-6-20(5)19(3,4)29-22(30-20)16-12-15(8-7-13(16)2)27-18(28)17-11-14(9-10-26-17)21(23,24)25/h7-12H,6H2,1-5H3,(H,27,28). The summed E-state index contributed by atoms with van der Waals surface area (Å²) in [5.41, 5.74) is -0.178. The van der Waals surface area contributed by atoms with Gasteiger partial charge in [-0.1, -0.05) is 18.6 Å². The summed E-state index contributed by atoms with van der Waals surface area (Å²) in [6.45, 7) is 9.86. The van der Waals surface area contributed by atoms with Gasteiger partial charge in [0.1, 0.15) is 5.69 Å². The largest absolute Gasteiger partial charge is 0.495 e. The number of pyridine rings is 1. The van der Waals surface area contributed by atoms with Gasteiger partial charge in [0.2, 0.25) is 0 Å². The van der Waals surface area contributed by atoms with E-state index in [9.17, 15) is 18.0 Å². The van der Waals surface area contributed by atoms with Crippen LogP contribution in [0.1, 0.15) is 55.7 Å². The van der Waals surface area contributed by atoms with Crippen molar-refractivity contribution in [1.82, 2.24) is 4.98 Å². The van der Waals surface area contributed by atoms with Crippen molar-refractivity contribution in [3.8, 4) is 0 Å². The normalized spacial score (nSPS) is 21.0. The molecule has 2 heterocycles. The number of carbonyl (C=O) groups excluding carboxylic acids is 1. The Morgan fingerprint density at radius 1 is 1.17 bits per heavy atom. The van der Waals surface area contributed by atoms with Gasteiger partial charge in [-0.3, -0.25) is 9.78 Å². The van der Waals surface area contributed by atoms with E-state index in [1.54, 1.807) is 18.2 Å². The first-order chi connectivity index (χ1) is 13.9. The first kappa shape index (κ1) is 22.3. The fraction of sp³-hybridized carbons (Fsp3) is 0.429. The average molecular weight is 420 g/mol. The number of aromatic nitrogens is 1. The minimum atomic E-state index is -4.55. The van der Waals surface area contributed by atoms with E-state index in [0.717, 1.165) is 35.8 Å². The number of carbonyl (C=O) groups is 1. The number of hydrogen-bond acceptors (Lipinski definition) is 4. The summed E-state index contributed by atoms with van der Waals surface area (Å²) in [6, 6.07) is 6.73. The number of benzene rings is 1. The summed E-state index contributed by atoms with van der Waals surface area (Å²) in [7, 11) is -0.617. The number of rotatable bonds is 4. The number of amides is 1. The van der Waals surface area contributed by atoms with Gasteiger partial charge < -0.3 is 14.6 Å². The first-order valence-electron chi connectivity index (χ1n) is 9.67. The summed E-state index contributed by atoms with van der Waals surface area (Å²) < 4.78 is 51.0. The summed E-state index contributed by atoms with van der Waals surface area (Å²) in [6.07, 6.45) is -2.83. The van der Waals surface area contributed by atoms with Gasteiger partial charge >= 0.3 is 13.3 Å². The van der Waals surface area contributed by atoms with Crippen LogP contribution < -0.4 is 10.8 Å². The zero-order valence-corrected chi connectivity index (χ0v) is 17.6. The van der Waals surface area contributed by atoms with Gasteiger partial charge in [-0.15, -0.1) is 0 Å². The maximum atomic E-state index is 12.9. The third-order valence-electron chi connectivity index (χ3n) is 5.83. The first-order valence-corrected chi connectivity index (χ1v) is 9.67. The van der Waals surface area contributed by atoms with Crippen LogP contribution in [0.15, 0.2) is 36.5 Å². The quantitative estimate of drug-likeness (QED) is 0.748. The smallest absolute Gasteiger partial charge is 0.399 e. The second kappa shape index (κ2) is 7.70. The Morgan fingerprint density at radius 2 is 1.87 bits per heavy atom. The molecule has 1 unspecified atom stereocenters. The Labute approximate surface area is 174 Å². The molecule has 1 fully saturated rings. The molecule has 160 valence electrons. The Balaban J connectivity index is 1.84. The zero-order chi connectivity index (χ0) is 22.3. The van der Waals surface area contributed by atoms with Gasteiger partial charge in [-0.2, -0.15) is 13.2 Å². The van der Waals surface area contributed by atoms with Crippen LogP contribution in [0.3, 0.4) is 0 Å². The highest BCUT2D eigenvalue weighted by molar-refractivity contribution is 6.62. The van der Waals surface area contributed by atoms with Crippen LogP contribution in [-0.4, -0.2) is 29.2 Å². The molecule has 1 saturated heterocycles. The van der Waals surface area contributed by atoms with Crippen molar-refractivity contribution in [2.75, 3.05) is 5.32 Å². The van der Waals surface area contributed by atoms with Crippen LogP contribution in [0.4, 0.5) is 18.9 Å². The topological polar surface area (TPSA) is 60.5 Å². The SMILES string of the molecule is CCC1(C)OB(c2cc(NC(=O)c3cc(C(F)(F)F)ccn3)ccc2C)OC1(C)C. The molecule has 1 aromatic carbocycles. The van der Waals surface area contributed by atoms with Crippen molar-refractivity contribution in [3.63, 3.8) is 0 Å². The Morgan fingerprint density at radius 3 is 2.47 bits per heavy atom. The van der Waals surface area contributed by atoms with E-state index in [4.69, 9.17) is 9.31 Å². The number of aryl methyl sites for hydroxylation is 1. The van der Waals surface area contributed by atoms with Crippen molar-refractivity contribution in [2.45, 2.75) is 58.4 Å². The number of nitrogens with zero attached hydrogens (tertiary/aromatic N) is 1. The molecule has 2 aromatic rings. The molecular formula is C21H24BF3N2O3. The summed E-state index contributed by atoms with van der Waals surface area (Å²) in [4.78, 5) is 16.2. The van der Waals surface area contributed by atoms with Crippen LogP contribution in [0, 0.1) is 6.92 Å². The molecule has 0 radical (unpaired) electrons. The second-order valence-corrected chi connectivity index (χ2v) is 8.12. The van der Waals surface area contributed by atoms with E-state index in [1.165, 1.54) is 0 Å². The molecule has 1 aliphatic heterocycles. The maximum absolute atomic E-state index is 12.9. The van der Waals surface area contributed by atoms with Crippen LogP contribution in [0.25, 0.3) is 0 Å². The van der Waals surface area contributed by atoms with Crippen molar-refractivity contribution in [3.05, 3.63) is 53.3 Å². The lowest BCUT2D eigenvalue weighted by atomic mass is 9.76. The van der Waals surface area contributed by atoms with Crippen LogP contribution in [0.2, 0.25) is 0 Å². The van der Waals surface area contributed by atoms with Crippen molar-refractivity contribution in [1.29, 1.82) is 0 Å². The highest BCUT2D eigenvalue weighted by Gasteiger charge is 2.53. The van der Waals surface area contributed by atoms with E-state index in [0.29, 0.717) is 5.69 Å². The van der Waals surface area contributed by atoms with Crippen LogP contribution in [-0.2, 0) is 15.5 Å². The Kier molecular flexibility index (Phi) is 5.73. The summed E-state index contributed by atoms with van der Waals surface area (Å²) in [5.74, 6) is -0.733. The van der Waals surface area contributed by atoms with E-state index in [-0.39, 0.29) is 5.69 Å². The van der Waals surface area contributed by atoms with Crippen molar-refractivity contribution in [2.24, 2.45) is 0 Å². The molecule has 1 atom stereocenters. The van der Waals surface area contributed by atoms with Gasteiger partial charge in [-0.05, 0) is 63.8 Å². The van der Waals surface area contributed by atoms with Gasteiger partial charge in [0.25, 0.3) is 5.91 Å². The van der Waals surface area contributed by atoms with Crippen molar-refractivity contribution < 1.29 is 27.3 Å². The third kappa shape index (κ3) is 4.22. The predicted octanol–water partition coefficient (Wildman–Crippen LogP) is 4.35. The zero-order valence-electron chi connectivity index (χ0n) is 17.6. The molecule has 1 N–H and O–H groups in total. The molecule has 0 aliphatic carbocycles. The average Bonchev–Trinajstić information content (AvgIpc) is 2.92. The van der Waals surface area contributed by atoms with E-state index >= 15 is 0 Å². The van der Waals surface area contributed by atoms with E-state index in [2.05, 4.69) is 10.3 Å². The molecule has 1 amide bonds. The fourth-order valence-corrected chi connectivity index (χ4v) is 3.33. The number of nitrogens with one attached hydrogen (secondary N) is 1. The minimum Gasteiger partial charge on any atom is -0.399 e. The summed E-state index contributed by atoms with van der Waals surface area (Å²) in [5, 5.41) is 2.60. The highest BCUT2D eigenvalue weighted by atomic mass is 19.4. The Bertz CT molecular complexity index is 965. The lowest BCUT2D eigenvalue weighted by Gasteiger charge is -2.35. The number of hydrogen-bond donors (Lipinski definition) is 1. The van der Waals surface area contributed by atoms with Gasteiger partial charge in [0.15, 0.2) is 0 Å². The molecule has 0 bridgehead atoms. The molecule has 9 heteroatoms. The lowest BCUT2D eigenvalue weighted by Crippen LogP contribution is -2.44. The molecule has 1 aromatic heterocycles. The molecule has 30 heavy (non-hydrogen) atoms. The highest BCUT2D eigenvalue weighted by Crippen LogP contribution is 2.39. The molecule has 3 rings (SSSR count). The minimum absolute atomic E-state index is 0.319. The molecule has 5 nitrogen and oxygen atoms in total. The van der Waals surface area contributed by atoms with Crippen LogP contribution >= 0.6 is 0 Å². The molecule has 1 aliphatic rings. The van der Waals surface area contributed by atoms with Gasteiger partial charge in [-0.25, -0.2) is 0 Å². The number of halogens is 3. The third-order valence-corrected chi connectivity index (χ3v) is 5.83. The predicted molar refractivity (Wildman–Crippen MR) is 109 cm³/mol. The maximum Gasteiger partial charge on any atom is 0.495 e. The van der Waals surface area contributed by atoms with E-state index in [1.807, 2.05) is 34.6 Å². The number of anilines is 1. The van der Waals surface area contributed by atoms with Crippen LogP contribution in [0.5, 0.6) is 0 Å². The van der Waals surface area contributed by atoms with Crippen molar-refractivity contribution >= 4 is 24.2 Å². The molecular weight excluding hydrogens is 396 g/mol. The van der Waals surface area contributed by atoms with Gasteiger partial charge in [0.05, 0.1) is 16.8 Å². The number of alkyl halides is 3. The lowest BCUT2D eigenvalue weighted by molar-refractivity contribution is -0.137. The molecule has 0 spiro atoms. The summed E-state index contributed by atoms with van der Waals surface area (Å²) >= 11 is 0. The second-order valence-electron chi connectivity index (χ2n) is 8.12. The monoisotopic (exact) mass is 420 g/mol. The Hall–Kier alpha value is -2.39. The fourth-order valence-electron chi connectivity index (χ4n) is 3.33. The molecule has 0 saturated carbocycles. The van der Waals surface area contributed by atoms with Gasteiger partial charge in [0, 0.05) is 11.9 Å².